The Morgan fingerprint density at radius 3 is 2.28 bits per heavy atom. The van der Waals surface area contributed by atoms with Gasteiger partial charge in [0.15, 0.2) is 0 Å². The highest BCUT2D eigenvalue weighted by molar-refractivity contribution is 6.34. The van der Waals surface area contributed by atoms with Crippen LogP contribution in [-0.4, -0.2) is 61.3 Å². The minimum absolute atomic E-state index is 0.0480. The molecule has 0 fully saturated rings. The average Bonchev–Trinajstić information content (AvgIpc) is 2.37. The van der Waals surface area contributed by atoms with Crippen molar-refractivity contribution < 1.29 is 19.4 Å². The van der Waals surface area contributed by atoms with Gasteiger partial charge in [-0.3, -0.25) is 9.59 Å². The van der Waals surface area contributed by atoms with Crippen molar-refractivity contribution in [3.63, 3.8) is 0 Å². The summed E-state index contributed by atoms with van der Waals surface area (Å²) in [7, 11) is 0. The van der Waals surface area contributed by atoms with Gasteiger partial charge in [0, 0.05) is 19.6 Å². The zero-order valence-electron chi connectivity index (χ0n) is 11.3. The number of carbonyl (C=O) groups is 2. The Balaban J connectivity index is 3.94. The van der Waals surface area contributed by atoms with Crippen molar-refractivity contribution >= 4 is 11.8 Å². The molecule has 0 atom stereocenters. The Kier molecular flexibility index (Phi) is 10.3. The molecular formula is C12H24N2O4. The number of hydrogen-bond donors (Lipinski definition) is 2. The summed E-state index contributed by atoms with van der Waals surface area (Å²) < 4.78 is 4.98. The molecule has 0 heterocycles. The highest BCUT2D eigenvalue weighted by Crippen LogP contribution is 1.95. The van der Waals surface area contributed by atoms with E-state index in [1.807, 2.05) is 13.8 Å². The summed E-state index contributed by atoms with van der Waals surface area (Å²) in [5.41, 5.74) is 0. The number of nitrogens with one attached hydrogen (secondary N) is 1. The molecule has 0 unspecified atom stereocenters. The van der Waals surface area contributed by atoms with Gasteiger partial charge in [0.25, 0.3) is 0 Å². The van der Waals surface area contributed by atoms with Crippen LogP contribution in [0.4, 0.5) is 0 Å². The molecule has 0 rings (SSSR count). The van der Waals surface area contributed by atoms with E-state index in [0.717, 1.165) is 12.8 Å². The molecule has 0 spiro atoms. The number of hydrogen-bond acceptors (Lipinski definition) is 4. The zero-order chi connectivity index (χ0) is 13.8. The van der Waals surface area contributed by atoms with Gasteiger partial charge in [-0.25, -0.2) is 0 Å². The Morgan fingerprint density at radius 1 is 1.17 bits per heavy atom. The number of aliphatic hydroxyl groups excluding tert-OH is 1. The number of carbonyl (C=O) groups excluding carboxylic acids is 2. The topological polar surface area (TPSA) is 78.9 Å². The van der Waals surface area contributed by atoms with Crippen LogP contribution in [0.15, 0.2) is 0 Å². The summed E-state index contributed by atoms with van der Waals surface area (Å²) in [6.45, 7) is 5.89. The van der Waals surface area contributed by atoms with Crippen molar-refractivity contribution in [1.29, 1.82) is 0 Å². The Hall–Kier alpha value is -1.14. The smallest absolute Gasteiger partial charge is 0.311 e. The summed E-state index contributed by atoms with van der Waals surface area (Å²) in [6.07, 6.45) is 1.66. The molecular weight excluding hydrogens is 236 g/mol. The van der Waals surface area contributed by atoms with Gasteiger partial charge >= 0.3 is 11.8 Å². The van der Waals surface area contributed by atoms with Crippen LogP contribution < -0.4 is 5.32 Å². The van der Waals surface area contributed by atoms with Crippen LogP contribution in [0.5, 0.6) is 0 Å². The first-order valence-corrected chi connectivity index (χ1v) is 6.43. The zero-order valence-corrected chi connectivity index (χ0v) is 11.3. The van der Waals surface area contributed by atoms with Gasteiger partial charge in [-0.1, -0.05) is 13.8 Å². The van der Waals surface area contributed by atoms with E-state index < -0.39 is 11.8 Å². The van der Waals surface area contributed by atoms with Gasteiger partial charge in [-0.05, 0) is 12.8 Å². The second-order valence-corrected chi connectivity index (χ2v) is 3.88. The third-order valence-corrected chi connectivity index (χ3v) is 2.24. The van der Waals surface area contributed by atoms with Gasteiger partial charge in [0.2, 0.25) is 0 Å². The predicted octanol–water partition coefficient (Wildman–Crippen LogP) is -0.240. The van der Waals surface area contributed by atoms with Crippen LogP contribution in [0.25, 0.3) is 0 Å². The summed E-state index contributed by atoms with van der Waals surface area (Å²) in [5.74, 6) is -1.08. The maximum atomic E-state index is 11.8. The van der Waals surface area contributed by atoms with Gasteiger partial charge in [0.05, 0.1) is 19.8 Å². The van der Waals surface area contributed by atoms with Crippen LogP contribution in [-0.2, 0) is 14.3 Å². The SMILES string of the molecule is CCCN(CCC)C(=O)C(=O)NCCOCCO. The molecule has 106 valence electrons. The highest BCUT2D eigenvalue weighted by atomic mass is 16.5. The molecule has 0 aliphatic heterocycles. The van der Waals surface area contributed by atoms with Gasteiger partial charge in [0.1, 0.15) is 0 Å². The molecule has 6 nitrogen and oxygen atoms in total. The number of amides is 2. The number of nitrogens with zero attached hydrogens (tertiary/aromatic N) is 1. The summed E-state index contributed by atoms with van der Waals surface area (Å²) >= 11 is 0. The normalized spacial score (nSPS) is 10.2. The van der Waals surface area contributed by atoms with Gasteiger partial charge in [-0.2, -0.15) is 0 Å². The fourth-order valence-electron chi connectivity index (χ4n) is 1.48. The number of aliphatic hydroxyl groups is 1. The van der Waals surface area contributed by atoms with Crippen molar-refractivity contribution in [1.82, 2.24) is 10.2 Å². The van der Waals surface area contributed by atoms with E-state index in [0.29, 0.717) is 19.7 Å². The van der Waals surface area contributed by atoms with E-state index in [2.05, 4.69) is 5.32 Å². The lowest BCUT2D eigenvalue weighted by Gasteiger charge is -2.20. The molecule has 0 aliphatic rings. The molecule has 0 saturated carbocycles. The summed E-state index contributed by atoms with van der Waals surface area (Å²) in [4.78, 5) is 24.9. The number of ether oxygens (including phenoxy) is 1. The molecule has 0 bridgehead atoms. The largest absolute Gasteiger partial charge is 0.394 e. The van der Waals surface area contributed by atoms with E-state index in [1.54, 1.807) is 4.90 Å². The van der Waals surface area contributed by atoms with Crippen LogP contribution in [0.1, 0.15) is 26.7 Å². The maximum Gasteiger partial charge on any atom is 0.311 e. The number of rotatable bonds is 9. The predicted molar refractivity (Wildman–Crippen MR) is 68.1 cm³/mol. The highest BCUT2D eigenvalue weighted by Gasteiger charge is 2.19. The van der Waals surface area contributed by atoms with Crippen LogP contribution in [0, 0.1) is 0 Å². The summed E-state index contributed by atoms with van der Waals surface area (Å²) in [5, 5.41) is 11.0. The molecule has 0 aromatic heterocycles. The first kappa shape index (κ1) is 16.9. The monoisotopic (exact) mass is 260 g/mol. The lowest BCUT2D eigenvalue weighted by molar-refractivity contribution is -0.146. The van der Waals surface area contributed by atoms with Crippen molar-refractivity contribution in [2.75, 3.05) is 39.5 Å². The lowest BCUT2D eigenvalue weighted by atomic mass is 10.3. The van der Waals surface area contributed by atoms with Gasteiger partial charge < -0.3 is 20.1 Å². The van der Waals surface area contributed by atoms with Crippen LogP contribution in [0.3, 0.4) is 0 Å². The van der Waals surface area contributed by atoms with E-state index in [1.165, 1.54) is 0 Å². The second kappa shape index (κ2) is 11.0. The lowest BCUT2D eigenvalue weighted by Crippen LogP contribution is -2.44. The van der Waals surface area contributed by atoms with E-state index in [9.17, 15) is 9.59 Å². The first-order valence-electron chi connectivity index (χ1n) is 6.43. The molecule has 2 amide bonds. The van der Waals surface area contributed by atoms with Crippen LogP contribution in [0.2, 0.25) is 0 Å². The van der Waals surface area contributed by atoms with Crippen molar-refractivity contribution in [3.05, 3.63) is 0 Å². The Bertz CT molecular complexity index is 240. The molecule has 0 saturated heterocycles. The fraction of sp³-hybridized carbons (Fsp3) is 0.833. The summed E-state index contributed by atoms with van der Waals surface area (Å²) in [6, 6.07) is 0. The van der Waals surface area contributed by atoms with Crippen molar-refractivity contribution in [2.45, 2.75) is 26.7 Å². The fourth-order valence-corrected chi connectivity index (χ4v) is 1.48. The first-order chi connectivity index (χ1) is 8.67. The van der Waals surface area contributed by atoms with Crippen molar-refractivity contribution in [2.24, 2.45) is 0 Å². The molecule has 2 N–H and O–H groups in total. The quantitative estimate of drug-likeness (QED) is 0.443. The van der Waals surface area contributed by atoms with E-state index >= 15 is 0 Å². The Labute approximate surface area is 108 Å². The van der Waals surface area contributed by atoms with Crippen LogP contribution >= 0.6 is 0 Å². The van der Waals surface area contributed by atoms with E-state index in [-0.39, 0.29) is 19.8 Å². The second-order valence-electron chi connectivity index (χ2n) is 3.88. The average molecular weight is 260 g/mol. The van der Waals surface area contributed by atoms with Gasteiger partial charge in [-0.15, -0.1) is 0 Å². The molecule has 0 radical (unpaired) electrons. The Morgan fingerprint density at radius 2 is 1.78 bits per heavy atom. The molecule has 18 heavy (non-hydrogen) atoms. The maximum absolute atomic E-state index is 11.8. The molecule has 0 aliphatic carbocycles. The standard InChI is InChI=1S/C12H24N2O4/c1-3-6-14(7-4-2)12(17)11(16)13-5-9-18-10-8-15/h15H,3-10H2,1-2H3,(H,13,16). The minimum Gasteiger partial charge on any atom is -0.394 e. The molecule has 0 aromatic rings. The molecule has 0 aromatic carbocycles. The molecule has 6 heteroatoms. The third-order valence-electron chi connectivity index (χ3n) is 2.24. The minimum atomic E-state index is -0.593. The van der Waals surface area contributed by atoms with Crippen molar-refractivity contribution in [3.8, 4) is 0 Å². The van der Waals surface area contributed by atoms with E-state index in [4.69, 9.17) is 9.84 Å². The third kappa shape index (κ3) is 7.24.